The maximum Gasteiger partial charge on any atom is 0.351 e. The summed E-state index contributed by atoms with van der Waals surface area (Å²) in [5.41, 5.74) is 3.94. The molecule has 3 rings (SSSR count). The quantitative estimate of drug-likeness (QED) is 0.559. The Morgan fingerprint density at radius 1 is 1.54 bits per heavy atom. The lowest BCUT2D eigenvalue weighted by Crippen LogP contribution is -2.29. The summed E-state index contributed by atoms with van der Waals surface area (Å²) in [6, 6.07) is 4.30. The second-order valence-electron chi connectivity index (χ2n) is 5.36. The van der Waals surface area contributed by atoms with Gasteiger partial charge < -0.3 is 30.5 Å². The Bertz CT molecular complexity index is 908. The molecule has 1 aliphatic rings. The van der Waals surface area contributed by atoms with Crippen molar-refractivity contribution in [3.63, 3.8) is 0 Å². The number of carboxylic acid groups (broad SMARTS) is 1. The van der Waals surface area contributed by atoms with Gasteiger partial charge in [0.1, 0.15) is 17.2 Å². The van der Waals surface area contributed by atoms with Crippen molar-refractivity contribution in [1.82, 2.24) is 9.55 Å². The molecule has 5 N–H and O–H groups in total. The minimum Gasteiger partial charge on any atom is -0.504 e. The number of aromatic hydroxyl groups is 1. The third-order valence-corrected chi connectivity index (χ3v) is 4.69. The number of nitrogens with zero attached hydrogens (tertiary/aromatic N) is 2. The average Bonchev–Trinajstić information content (AvgIpc) is 3.14. The molecule has 1 fully saturated rings. The van der Waals surface area contributed by atoms with E-state index in [1.54, 1.807) is 0 Å². The van der Waals surface area contributed by atoms with E-state index in [4.69, 9.17) is 25.4 Å². The number of anilines is 1. The van der Waals surface area contributed by atoms with E-state index in [1.165, 1.54) is 37.1 Å². The van der Waals surface area contributed by atoms with Gasteiger partial charge in [-0.3, -0.25) is 4.57 Å². The van der Waals surface area contributed by atoms with Crippen molar-refractivity contribution in [1.29, 1.82) is 0 Å². The molecule has 2 atom stereocenters. The lowest BCUT2D eigenvalue weighted by molar-refractivity contribution is -0.00677. The Hall–Kier alpha value is -2.83. The van der Waals surface area contributed by atoms with Crippen molar-refractivity contribution < 1.29 is 34.0 Å². The molecule has 10 nitrogen and oxygen atoms in total. The molecule has 1 aromatic carbocycles. The van der Waals surface area contributed by atoms with Crippen molar-refractivity contribution in [3.8, 4) is 11.5 Å². The number of nitrogen functional groups attached to an aromatic ring is 1. The summed E-state index contributed by atoms with van der Waals surface area (Å²) in [5.74, 6) is -2.09. The van der Waals surface area contributed by atoms with Gasteiger partial charge in [0.2, 0.25) is 0 Å². The van der Waals surface area contributed by atoms with E-state index in [2.05, 4.69) is 4.98 Å². The summed E-state index contributed by atoms with van der Waals surface area (Å²) in [6.45, 7) is -0.152. The number of carboxylic acids is 1. The van der Waals surface area contributed by atoms with Gasteiger partial charge in [-0.2, -0.15) is 4.98 Å². The molecule has 0 radical (unpaired) electrons. The van der Waals surface area contributed by atoms with Gasteiger partial charge in [-0.05, 0) is 12.1 Å². The fourth-order valence-electron chi connectivity index (χ4n) is 2.21. The molecule has 1 aliphatic heterocycles. The maximum atomic E-state index is 13.1. The standard InChI is InChI=1S/C8H10FN3O3S.C8H8O4/c9-4-1-12(8(14)11-7(4)10)5-3-16-6(2-13)15-5;1-12-6-4-2-3-5(7(6)9)8(10)11/h1,5-6,13H,2-3H2,(H2,10,11,14);2-4,9H,1H3,(H,10,11)/t5-,6+;/m0./s1. The van der Waals surface area contributed by atoms with Crippen LogP contribution >= 0.6 is 11.8 Å². The minimum absolute atomic E-state index is 0.152. The highest BCUT2D eigenvalue weighted by atomic mass is 32.2. The van der Waals surface area contributed by atoms with E-state index < -0.39 is 35.0 Å². The number of carbonyl (C=O) groups is 1. The fraction of sp³-hybridized carbons (Fsp3) is 0.312. The summed E-state index contributed by atoms with van der Waals surface area (Å²) in [7, 11) is 1.36. The van der Waals surface area contributed by atoms with Crippen molar-refractivity contribution in [2.75, 3.05) is 25.2 Å². The average molecular weight is 415 g/mol. The first-order chi connectivity index (χ1) is 13.3. The van der Waals surface area contributed by atoms with Crippen LogP contribution in [0.5, 0.6) is 11.5 Å². The molecule has 0 spiro atoms. The number of rotatable bonds is 4. The van der Waals surface area contributed by atoms with Crippen molar-refractivity contribution in [2.24, 2.45) is 0 Å². The van der Waals surface area contributed by atoms with Crippen molar-refractivity contribution in [2.45, 2.75) is 11.7 Å². The van der Waals surface area contributed by atoms with Crippen LogP contribution in [0.1, 0.15) is 16.6 Å². The molecule has 0 amide bonds. The number of phenols is 1. The largest absolute Gasteiger partial charge is 0.504 e. The molecule has 1 saturated heterocycles. The highest BCUT2D eigenvalue weighted by Gasteiger charge is 2.28. The molecule has 0 saturated carbocycles. The van der Waals surface area contributed by atoms with Gasteiger partial charge >= 0.3 is 11.7 Å². The first-order valence-electron chi connectivity index (χ1n) is 7.79. The van der Waals surface area contributed by atoms with Crippen LogP contribution in [0.2, 0.25) is 0 Å². The first-order valence-corrected chi connectivity index (χ1v) is 8.84. The van der Waals surface area contributed by atoms with Gasteiger partial charge in [0, 0.05) is 5.75 Å². The maximum absolute atomic E-state index is 13.1. The summed E-state index contributed by atoms with van der Waals surface area (Å²) >= 11 is 1.35. The number of hydrogen-bond donors (Lipinski definition) is 4. The minimum atomic E-state index is -1.17. The third-order valence-electron chi connectivity index (χ3n) is 3.58. The SMILES string of the molecule is COc1cccc(C(=O)O)c1O.Nc1nc(=O)n([C@@H]2CS[C@H](CO)O2)cc1F. The van der Waals surface area contributed by atoms with Crippen molar-refractivity contribution in [3.05, 3.63) is 46.3 Å². The number of thioether (sulfide) groups is 1. The van der Waals surface area contributed by atoms with Crippen LogP contribution in [-0.2, 0) is 4.74 Å². The number of benzene rings is 1. The molecule has 1 aromatic heterocycles. The molecule has 0 unspecified atom stereocenters. The predicted molar refractivity (Wildman–Crippen MR) is 97.9 cm³/mol. The number of para-hydroxylation sites is 1. The van der Waals surface area contributed by atoms with Crippen molar-refractivity contribution >= 4 is 23.5 Å². The zero-order valence-corrected chi connectivity index (χ0v) is 15.4. The normalized spacial score (nSPS) is 18.2. The zero-order chi connectivity index (χ0) is 20.8. The van der Waals surface area contributed by atoms with E-state index in [0.29, 0.717) is 5.75 Å². The number of aliphatic hydroxyl groups is 1. The highest BCUT2D eigenvalue weighted by molar-refractivity contribution is 8.00. The van der Waals surface area contributed by atoms with Crippen LogP contribution in [0.3, 0.4) is 0 Å². The summed E-state index contributed by atoms with van der Waals surface area (Å²) < 4.78 is 24.2. The van der Waals surface area contributed by atoms with E-state index >= 15 is 0 Å². The molecule has 0 bridgehead atoms. The lowest BCUT2D eigenvalue weighted by Gasteiger charge is -2.13. The second kappa shape index (κ2) is 9.39. The highest BCUT2D eigenvalue weighted by Crippen LogP contribution is 2.30. The molecule has 152 valence electrons. The number of aromatic nitrogens is 2. The number of hydrogen-bond acceptors (Lipinski definition) is 9. The Kier molecular flexibility index (Phi) is 7.20. The van der Waals surface area contributed by atoms with Gasteiger partial charge in [-0.25, -0.2) is 14.0 Å². The van der Waals surface area contributed by atoms with E-state index in [-0.39, 0.29) is 23.7 Å². The number of methoxy groups -OCH3 is 1. The van der Waals surface area contributed by atoms with E-state index in [0.717, 1.165) is 10.8 Å². The number of aliphatic hydroxyl groups excluding tert-OH is 1. The third kappa shape index (κ3) is 4.91. The molecule has 2 heterocycles. The Balaban J connectivity index is 0.000000209. The van der Waals surface area contributed by atoms with Crippen LogP contribution < -0.4 is 16.2 Å². The van der Waals surface area contributed by atoms with E-state index in [1.807, 2.05) is 0 Å². The van der Waals surface area contributed by atoms with Gasteiger partial charge in [0.15, 0.2) is 23.1 Å². The Morgan fingerprint density at radius 3 is 2.82 bits per heavy atom. The van der Waals surface area contributed by atoms with Crippen LogP contribution in [0.15, 0.2) is 29.2 Å². The Morgan fingerprint density at radius 2 is 2.25 bits per heavy atom. The van der Waals surface area contributed by atoms with Crippen LogP contribution in [-0.4, -0.2) is 55.7 Å². The van der Waals surface area contributed by atoms with Crippen LogP contribution in [0.25, 0.3) is 0 Å². The van der Waals surface area contributed by atoms with Gasteiger partial charge in [-0.1, -0.05) is 6.07 Å². The molecule has 12 heteroatoms. The molecule has 28 heavy (non-hydrogen) atoms. The number of aromatic carboxylic acids is 1. The Labute approximate surface area is 162 Å². The summed E-state index contributed by atoms with van der Waals surface area (Å²) in [6.07, 6.45) is 0.354. The molecule has 2 aromatic rings. The van der Waals surface area contributed by atoms with Crippen LogP contribution in [0.4, 0.5) is 10.2 Å². The van der Waals surface area contributed by atoms with Gasteiger partial charge in [0.05, 0.1) is 19.9 Å². The number of ether oxygens (including phenoxy) is 2. The first kappa shape index (κ1) is 21.5. The predicted octanol–water partition coefficient (Wildman–Crippen LogP) is 0.644. The number of halogens is 1. The molecular formula is C16H18FN3O7S. The topological polar surface area (TPSA) is 157 Å². The summed E-state index contributed by atoms with van der Waals surface area (Å²) in [5, 5.41) is 26.7. The monoisotopic (exact) mass is 415 g/mol. The van der Waals surface area contributed by atoms with Crippen LogP contribution in [0, 0.1) is 5.82 Å². The molecular weight excluding hydrogens is 397 g/mol. The molecule has 0 aliphatic carbocycles. The number of nitrogens with two attached hydrogens (primary N) is 1. The second-order valence-corrected chi connectivity index (χ2v) is 6.55. The zero-order valence-electron chi connectivity index (χ0n) is 14.6. The van der Waals surface area contributed by atoms with Gasteiger partial charge in [-0.15, -0.1) is 11.8 Å². The summed E-state index contributed by atoms with van der Waals surface area (Å²) in [4.78, 5) is 25.2. The lowest BCUT2D eigenvalue weighted by atomic mass is 10.2. The smallest absolute Gasteiger partial charge is 0.351 e. The van der Waals surface area contributed by atoms with E-state index in [9.17, 15) is 19.1 Å². The fourth-order valence-corrected chi connectivity index (χ4v) is 3.14. The van der Waals surface area contributed by atoms with Gasteiger partial charge in [0.25, 0.3) is 0 Å².